The topological polar surface area (TPSA) is 97.4 Å². The highest BCUT2D eigenvalue weighted by molar-refractivity contribution is 7.48. The Balaban J connectivity index is 5.47. The molecule has 0 aromatic carbocycles. The molecule has 0 aliphatic rings. The van der Waals surface area contributed by atoms with Gasteiger partial charge in [0.25, 0.3) is 0 Å². The van der Waals surface area contributed by atoms with E-state index in [-0.39, 0.29) is 5.57 Å². The van der Waals surface area contributed by atoms with Crippen LogP contribution in [0.5, 0.6) is 0 Å². The third kappa shape index (κ3) is 4.14. The Morgan fingerprint density at radius 1 is 0.889 bits per heavy atom. The number of phosphoric ester groups is 1. The number of carbonyl (C=O) groups is 2. The van der Waals surface area contributed by atoms with Crippen molar-refractivity contribution in [1.29, 1.82) is 0 Å². The van der Waals surface area contributed by atoms with Crippen LogP contribution in [0.25, 0.3) is 0 Å². The van der Waals surface area contributed by atoms with Crippen molar-refractivity contribution in [2.24, 2.45) is 0 Å². The summed E-state index contributed by atoms with van der Waals surface area (Å²) in [4.78, 5) is 22.7. The molecule has 0 saturated carbocycles. The van der Waals surface area contributed by atoms with E-state index in [4.69, 9.17) is 4.52 Å². The molecule has 0 N–H and O–H groups in total. The fourth-order valence-corrected chi connectivity index (χ4v) is 1.59. The second kappa shape index (κ2) is 7.15. The standard InChI is InChI=1S/C9H15O8P/c1-6(8(10)13-2)7(9(11)14-3)17-18(12,15-4)16-5/h1-5H3/b7-6+. The monoisotopic (exact) mass is 282 g/mol. The predicted molar refractivity (Wildman–Crippen MR) is 59.4 cm³/mol. The summed E-state index contributed by atoms with van der Waals surface area (Å²) in [5.74, 6) is -2.45. The average Bonchev–Trinajstić information content (AvgIpc) is 2.41. The first kappa shape index (κ1) is 16.6. The Hall–Kier alpha value is -1.37. The minimum absolute atomic E-state index is 0.223. The highest BCUT2D eigenvalue weighted by Crippen LogP contribution is 2.50. The number of phosphoric acid groups is 1. The molecular weight excluding hydrogens is 267 g/mol. The third-order valence-electron chi connectivity index (χ3n) is 1.85. The van der Waals surface area contributed by atoms with Crippen molar-refractivity contribution in [1.82, 2.24) is 0 Å². The zero-order chi connectivity index (χ0) is 14.3. The molecule has 18 heavy (non-hydrogen) atoms. The van der Waals surface area contributed by atoms with Crippen molar-refractivity contribution in [2.45, 2.75) is 6.92 Å². The molecular formula is C9H15O8P. The van der Waals surface area contributed by atoms with Gasteiger partial charge in [-0.25, -0.2) is 14.2 Å². The average molecular weight is 282 g/mol. The van der Waals surface area contributed by atoms with Crippen molar-refractivity contribution in [3.05, 3.63) is 11.3 Å². The molecule has 0 bridgehead atoms. The number of ether oxygens (including phenoxy) is 2. The molecule has 0 saturated heterocycles. The van der Waals surface area contributed by atoms with E-state index in [1.165, 1.54) is 6.92 Å². The molecule has 0 aliphatic carbocycles. The summed E-state index contributed by atoms with van der Waals surface area (Å²) in [6.45, 7) is 1.24. The van der Waals surface area contributed by atoms with E-state index in [9.17, 15) is 14.2 Å². The van der Waals surface area contributed by atoms with Gasteiger partial charge in [-0.3, -0.25) is 9.05 Å². The molecule has 8 nitrogen and oxygen atoms in total. The Labute approximate surface area is 104 Å². The third-order valence-corrected chi connectivity index (χ3v) is 3.15. The van der Waals surface area contributed by atoms with Gasteiger partial charge in [0.15, 0.2) is 0 Å². The molecule has 0 rings (SSSR count). The van der Waals surface area contributed by atoms with Crippen molar-refractivity contribution < 1.29 is 37.2 Å². The second-order valence-corrected chi connectivity index (χ2v) is 4.65. The number of rotatable bonds is 6. The van der Waals surface area contributed by atoms with Crippen LogP contribution in [0.4, 0.5) is 0 Å². The first-order chi connectivity index (χ1) is 8.35. The molecule has 0 aromatic heterocycles. The number of methoxy groups -OCH3 is 2. The number of esters is 2. The van der Waals surface area contributed by atoms with Crippen LogP contribution in [0.2, 0.25) is 0 Å². The van der Waals surface area contributed by atoms with Gasteiger partial charge in [-0.2, -0.15) is 0 Å². The smallest absolute Gasteiger partial charge is 0.466 e. The maximum atomic E-state index is 11.7. The molecule has 104 valence electrons. The lowest BCUT2D eigenvalue weighted by atomic mass is 10.2. The summed E-state index contributed by atoms with van der Waals surface area (Å²) >= 11 is 0. The van der Waals surface area contributed by atoms with E-state index in [0.29, 0.717) is 0 Å². The van der Waals surface area contributed by atoms with E-state index >= 15 is 0 Å². The van der Waals surface area contributed by atoms with Crippen LogP contribution >= 0.6 is 7.82 Å². The first-order valence-corrected chi connectivity index (χ1v) is 6.09. The molecule has 0 spiro atoms. The lowest BCUT2D eigenvalue weighted by Crippen LogP contribution is -2.15. The Morgan fingerprint density at radius 2 is 1.33 bits per heavy atom. The predicted octanol–water partition coefficient (Wildman–Crippen LogP) is 1.02. The lowest BCUT2D eigenvalue weighted by Gasteiger charge is -2.16. The van der Waals surface area contributed by atoms with Gasteiger partial charge in [-0.15, -0.1) is 0 Å². The SMILES string of the molecule is COC(=O)/C(C)=C(/OP(=O)(OC)OC)C(=O)OC. The number of carbonyl (C=O) groups excluding carboxylic acids is 2. The Morgan fingerprint density at radius 3 is 1.67 bits per heavy atom. The van der Waals surface area contributed by atoms with Crippen molar-refractivity contribution in [2.75, 3.05) is 28.4 Å². The van der Waals surface area contributed by atoms with Gasteiger partial charge in [-0.1, -0.05) is 0 Å². The summed E-state index contributed by atoms with van der Waals surface area (Å²) in [6.07, 6.45) is 0. The maximum Gasteiger partial charge on any atom is 0.529 e. The van der Waals surface area contributed by atoms with E-state index in [1.54, 1.807) is 0 Å². The lowest BCUT2D eigenvalue weighted by molar-refractivity contribution is -0.141. The van der Waals surface area contributed by atoms with Crippen LogP contribution in [0.15, 0.2) is 11.3 Å². The van der Waals surface area contributed by atoms with Crippen LogP contribution in [-0.2, 0) is 37.2 Å². The highest BCUT2D eigenvalue weighted by atomic mass is 31.2. The van der Waals surface area contributed by atoms with Crippen LogP contribution < -0.4 is 0 Å². The van der Waals surface area contributed by atoms with Gasteiger partial charge < -0.3 is 14.0 Å². The first-order valence-electron chi connectivity index (χ1n) is 4.63. The maximum absolute atomic E-state index is 11.7. The van der Waals surface area contributed by atoms with Gasteiger partial charge in [0.1, 0.15) is 0 Å². The summed E-state index contributed by atoms with van der Waals surface area (Å²) in [5.41, 5.74) is -0.223. The summed E-state index contributed by atoms with van der Waals surface area (Å²) in [6, 6.07) is 0. The van der Waals surface area contributed by atoms with Crippen LogP contribution in [0, 0.1) is 0 Å². The van der Waals surface area contributed by atoms with Crippen molar-refractivity contribution >= 4 is 19.8 Å². The minimum atomic E-state index is -3.97. The molecule has 0 atom stereocenters. The molecule has 0 aliphatic heterocycles. The largest absolute Gasteiger partial charge is 0.529 e. The van der Waals surface area contributed by atoms with Gasteiger partial charge in [0.2, 0.25) is 5.76 Å². The van der Waals surface area contributed by atoms with Gasteiger partial charge in [0.05, 0.1) is 19.8 Å². The summed E-state index contributed by atoms with van der Waals surface area (Å²) in [7, 11) is 0.338. The molecule has 0 aromatic rings. The quantitative estimate of drug-likeness (QED) is 0.308. The van der Waals surface area contributed by atoms with E-state index < -0.39 is 25.5 Å². The Kier molecular flexibility index (Phi) is 6.61. The minimum Gasteiger partial charge on any atom is -0.466 e. The molecule has 0 amide bonds. The molecule has 0 unspecified atom stereocenters. The fourth-order valence-electron chi connectivity index (χ4n) is 0.858. The molecule has 9 heteroatoms. The van der Waals surface area contributed by atoms with Crippen LogP contribution in [0.1, 0.15) is 6.92 Å². The van der Waals surface area contributed by atoms with E-state index in [1.807, 2.05) is 0 Å². The zero-order valence-corrected chi connectivity index (χ0v) is 11.6. The van der Waals surface area contributed by atoms with Gasteiger partial charge in [0, 0.05) is 14.2 Å². The normalized spacial score (nSPS) is 12.5. The zero-order valence-electron chi connectivity index (χ0n) is 10.7. The molecule has 0 heterocycles. The van der Waals surface area contributed by atoms with E-state index in [0.717, 1.165) is 28.4 Å². The van der Waals surface area contributed by atoms with Gasteiger partial charge in [-0.05, 0) is 6.92 Å². The number of hydrogen-bond acceptors (Lipinski definition) is 8. The van der Waals surface area contributed by atoms with Crippen molar-refractivity contribution in [3.63, 3.8) is 0 Å². The van der Waals surface area contributed by atoms with E-state index in [2.05, 4.69) is 18.5 Å². The summed E-state index contributed by atoms with van der Waals surface area (Å²) in [5, 5.41) is 0. The Bertz CT molecular complexity index is 391. The number of hydrogen-bond donors (Lipinski definition) is 0. The molecule has 0 fully saturated rings. The second-order valence-electron chi connectivity index (χ2n) is 2.84. The van der Waals surface area contributed by atoms with Crippen LogP contribution in [0.3, 0.4) is 0 Å². The fraction of sp³-hybridized carbons (Fsp3) is 0.556. The molecule has 0 radical (unpaired) electrons. The summed E-state index contributed by atoms with van der Waals surface area (Å²) < 4.78 is 34.3. The van der Waals surface area contributed by atoms with Crippen molar-refractivity contribution in [3.8, 4) is 0 Å². The van der Waals surface area contributed by atoms with Crippen LogP contribution in [-0.4, -0.2) is 40.4 Å². The van der Waals surface area contributed by atoms with Gasteiger partial charge >= 0.3 is 19.8 Å². The highest BCUT2D eigenvalue weighted by Gasteiger charge is 2.32.